The van der Waals surface area contributed by atoms with Crippen molar-refractivity contribution in [1.29, 1.82) is 0 Å². The van der Waals surface area contributed by atoms with Crippen LogP contribution in [-0.4, -0.2) is 69.8 Å². The lowest BCUT2D eigenvalue weighted by Crippen LogP contribution is -2.57. The summed E-state index contributed by atoms with van der Waals surface area (Å²) in [7, 11) is 0. The van der Waals surface area contributed by atoms with Crippen LogP contribution in [-0.2, 0) is 14.2 Å². The first-order valence-corrected chi connectivity index (χ1v) is 14.4. The average Bonchev–Trinajstić information content (AvgIpc) is 3.74. The Hall–Kier alpha value is -0.240. The fourth-order valence-electron chi connectivity index (χ4n) is 9.09. The first-order valence-electron chi connectivity index (χ1n) is 14.4. The number of hydrogen-bond donors (Lipinski definition) is 3. The summed E-state index contributed by atoms with van der Waals surface area (Å²) in [4.78, 5) is 0. The van der Waals surface area contributed by atoms with Gasteiger partial charge in [-0.15, -0.1) is 0 Å². The maximum absolute atomic E-state index is 9.81. The second kappa shape index (κ2) is 8.13. The van der Waals surface area contributed by atoms with Gasteiger partial charge in [-0.05, 0) is 107 Å². The molecule has 6 saturated carbocycles. The highest BCUT2D eigenvalue weighted by atomic mass is 16.6. The van der Waals surface area contributed by atoms with Crippen molar-refractivity contribution in [3.63, 3.8) is 0 Å². The minimum atomic E-state index is -0.521. The average molecular weight is 493 g/mol. The van der Waals surface area contributed by atoms with Gasteiger partial charge in [0.05, 0.1) is 35.6 Å². The Balaban J connectivity index is 0.0000000987. The van der Waals surface area contributed by atoms with Crippen LogP contribution in [0.3, 0.4) is 0 Å². The smallest absolute Gasteiger partial charge is 0.100 e. The Morgan fingerprint density at radius 1 is 0.914 bits per heavy atom. The summed E-state index contributed by atoms with van der Waals surface area (Å²) in [6.07, 6.45) is 11.4. The molecule has 6 nitrogen and oxygen atoms in total. The molecule has 6 heteroatoms. The van der Waals surface area contributed by atoms with Crippen molar-refractivity contribution in [2.45, 2.75) is 127 Å². The third-order valence-electron chi connectivity index (χ3n) is 11.9. The van der Waals surface area contributed by atoms with E-state index in [-0.39, 0.29) is 17.8 Å². The van der Waals surface area contributed by atoms with E-state index in [0.717, 1.165) is 49.4 Å². The van der Waals surface area contributed by atoms with Crippen LogP contribution in [0.4, 0.5) is 0 Å². The molecule has 35 heavy (non-hydrogen) atoms. The largest absolute Gasteiger partial charge is 0.396 e. The second-order valence-corrected chi connectivity index (χ2v) is 14.5. The van der Waals surface area contributed by atoms with Gasteiger partial charge in [0.15, 0.2) is 0 Å². The van der Waals surface area contributed by atoms with E-state index in [0.29, 0.717) is 48.3 Å². The predicted octanol–water partition coefficient (Wildman–Crippen LogP) is 3.69. The normalized spacial score (nSPS) is 54.5. The Bertz CT molecular complexity index is 822. The molecule has 9 aliphatic rings. The number of aliphatic hydroxyl groups is 3. The quantitative estimate of drug-likeness (QED) is 0.518. The monoisotopic (exact) mass is 492 g/mol. The van der Waals surface area contributed by atoms with Gasteiger partial charge in [-0.25, -0.2) is 0 Å². The van der Waals surface area contributed by atoms with E-state index in [1.807, 2.05) is 13.8 Å². The Morgan fingerprint density at radius 2 is 1.69 bits per heavy atom. The third-order valence-corrected chi connectivity index (χ3v) is 11.9. The van der Waals surface area contributed by atoms with Crippen molar-refractivity contribution in [2.24, 2.45) is 40.9 Å². The number of aliphatic hydroxyl groups excluding tert-OH is 2. The van der Waals surface area contributed by atoms with Gasteiger partial charge in [-0.2, -0.15) is 0 Å². The van der Waals surface area contributed by atoms with Crippen LogP contribution in [0.15, 0.2) is 0 Å². The fourth-order valence-corrected chi connectivity index (χ4v) is 9.09. The second-order valence-electron chi connectivity index (χ2n) is 14.5. The molecule has 0 radical (unpaired) electrons. The molecule has 0 aromatic heterocycles. The minimum absolute atomic E-state index is 0.104. The molecule has 200 valence electrons. The molecule has 3 heterocycles. The molecule has 3 aliphatic heterocycles. The van der Waals surface area contributed by atoms with Crippen molar-refractivity contribution in [3.8, 4) is 0 Å². The highest BCUT2D eigenvalue weighted by molar-refractivity contribution is 5.22. The molecule has 12 unspecified atom stereocenters. The first kappa shape index (κ1) is 25.1. The van der Waals surface area contributed by atoms with Crippen LogP contribution in [0, 0.1) is 40.9 Å². The van der Waals surface area contributed by atoms with Gasteiger partial charge >= 0.3 is 0 Å². The molecular formula is C29H48O6. The highest BCUT2D eigenvalue weighted by Crippen LogP contribution is 2.71. The number of ether oxygens (including phenoxy) is 3. The van der Waals surface area contributed by atoms with Crippen LogP contribution >= 0.6 is 0 Å². The van der Waals surface area contributed by atoms with E-state index in [4.69, 9.17) is 24.4 Å². The van der Waals surface area contributed by atoms with Crippen LogP contribution < -0.4 is 0 Å². The summed E-state index contributed by atoms with van der Waals surface area (Å²) in [5.41, 5.74) is 0.240. The predicted molar refractivity (Wildman–Crippen MR) is 132 cm³/mol. The molecule has 9 fully saturated rings. The standard InChI is InChI=1S/C11H18O2.C10H18O2.C8H12O2/c1-10(2)7-5-8(10)11(3-4-12)9(6-7)13-11;1-9(2,11)7-4-5-10(3)8(6-7)12-10;9-3-5-1-4-2-6(5)8-7(4)10-8/h7-9,12H,3-6H2,1-2H3;7-8,11H,4-6H2,1-3H3;4-9H,1-3H2. The molecule has 0 aromatic rings. The summed E-state index contributed by atoms with van der Waals surface area (Å²) in [5.74, 6) is 4.15. The molecule has 9 rings (SSSR count). The van der Waals surface area contributed by atoms with E-state index in [9.17, 15) is 5.11 Å². The molecule has 0 spiro atoms. The molecule has 0 amide bonds. The van der Waals surface area contributed by atoms with Crippen LogP contribution in [0.2, 0.25) is 0 Å². The lowest BCUT2D eigenvalue weighted by molar-refractivity contribution is -0.0893. The zero-order chi connectivity index (χ0) is 25.0. The number of rotatable bonds is 4. The zero-order valence-electron chi connectivity index (χ0n) is 22.4. The van der Waals surface area contributed by atoms with Gasteiger partial charge in [-0.3, -0.25) is 0 Å². The molecular weight excluding hydrogens is 444 g/mol. The summed E-state index contributed by atoms with van der Waals surface area (Å²) in [6.45, 7) is 11.4. The zero-order valence-corrected chi connectivity index (χ0v) is 22.4. The molecule has 4 bridgehead atoms. The van der Waals surface area contributed by atoms with Crippen molar-refractivity contribution in [3.05, 3.63) is 0 Å². The van der Waals surface area contributed by atoms with E-state index in [1.165, 1.54) is 25.7 Å². The molecule has 12 atom stereocenters. The van der Waals surface area contributed by atoms with Crippen molar-refractivity contribution in [2.75, 3.05) is 13.2 Å². The topological polar surface area (TPSA) is 98.3 Å². The van der Waals surface area contributed by atoms with Crippen molar-refractivity contribution >= 4 is 0 Å². The van der Waals surface area contributed by atoms with Crippen LogP contribution in [0.1, 0.15) is 86.0 Å². The number of hydrogen-bond acceptors (Lipinski definition) is 6. The fraction of sp³-hybridized carbons (Fsp3) is 1.00. The Labute approximate surface area is 211 Å². The summed E-state index contributed by atoms with van der Waals surface area (Å²) in [6, 6.07) is 0. The molecule has 3 N–H and O–H groups in total. The molecule has 6 aliphatic carbocycles. The first-order chi connectivity index (χ1) is 16.4. The van der Waals surface area contributed by atoms with Crippen LogP contribution in [0.25, 0.3) is 0 Å². The molecule has 0 aromatic carbocycles. The van der Waals surface area contributed by atoms with Gasteiger partial charge in [0.1, 0.15) is 5.60 Å². The lowest BCUT2D eigenvalue weighted by Gasteiger charge is -2.58. The highest BCUT2D eigenvalue weighted by Gasteiger charge is 2.74. The van der Waals surface area contributed by atoms with Gasteiger partial charge in [0.2, 0.25) is 0 Å². The van der Waals surface area contributed by atoms with E-state index >= 15 is 0 Å². The van der Waals surface area contributed by atoms with Crippen molar-refractivity contribution < 1.29 is 29.5 Å². The SMILES string of the molecule is CC(C)(O)C1CCC2(C)OC2C1.CC1(C)C2CC3OC3(CCO)C1C2.OCC1CC2CC1C1OC21. The van der Waals surface area contributed by atoms with Crippen LogP contribution in [0.5, 0.6) is 0 Å². The maximum Gasteiger partial charge on any atom is 0.100 e. The third kappa shape index (κ3) is 4.04. The van der Waals surface area contributed by atoms with E-state index in [1.54, 1.807) is 0 Å². The Kier molecular flexibility index (Phi) is 5.82. The Morgan fingerprint density at radius 3 is 2.26 bits per heavy atom. The summed E-state index contributed by atoms with van der Waals surface area (Å²) < 4.78 is 16.9. The maximum atomic E-state index is 9.81. The number of fused-ring (bicyclic) bond motifs is 6. The van der Waals surface area contributed by atoms with Gasteiger partial charge < -0.3 is 29.5 Å². The minimum Gasteiger partial charge on any atom is -0.396 e. The summed E-state index contributed by atoms with van der Waals surface area (Å²) in [5, 5.41) is 27.8. The van der Waals surface area contributed by atoms with E-state index in [2.05, 4.69) is 20.8 Å². The summed E-state index contributed by atoms with van der Waals surface area (Å²) >= 11 is 0. The van der Waals surface area contributed by atoms with Gasteiger partial charge in [0, 0.05) is 19.6 Å². The van der Waals surface area contributed by atoms with Gasteiger partial charge in [0.25, 0.3) is 0 Å². The number of epoxide rings is 3. The molecule has 3 saturated heterocycles. The lowest BCUT2D eigenvalue weighted by atomic mass is 9.45. The van der Waals surface area contributed by atoms with E-state index < -0.39 is 5.60 Å². The van der Waals surface area contributed by atoms with Gasteiger partial charge in [-0.1, -0.05) is 13.8 Å². The van der Waals surface area contributed by atoms with Crippen molar-refractivity contribution in [1.82, 2.24) is 0 Å².